The van der Waals surface area contributed by atoms with E-state index in [0.29, 0.717) is 12.1 Å². The molecule has 2 N–H and O–H groups in total. The molecule has 1 aromatic carbocycles. The molecule has 1 atom stereocenters. The van der Waals surface area contributed by atoms with Crippen molar-refractivity contribution in [3.63, 3.8) is 0 Å². The number of rotatable bonds is 4. The van der Waals surface area contributed by atoms with Crippen molar-refractivity contribution in [3.8, 4) is 0 Å². The molecule has 2 rings (SSSR count). The molecule has 0 bridgehead atoms. The average Bonchev–Trinajstić information content (AvgIpc) is 2.48. The second kappa shape index (κ2) is 6.29. The molecule has 6 nitrogen and oxygen atoms in total. The lowest BCUT2D eigenvalue weighted by atomic mass is 10.1. The Morgan fingerprint density at radius 1 is 1.40 bits per heavy atom. The molecule has 1 unspecified atom stereocenters. The van der Waals surface area contributed by atoms with Gasteiger partial charge >= 0.3 is 0 Å². The van der Waals surface area contributed by atoms with Crippen molar-refractivity contribution >= 4 is 17.5 Å². The quantitative estimate of drug-likeness (QED) is 0.836. The zero-order valence-corrected chi connectivity index (χ0v) is 11.2. The standard InChI is InChI=1S/C14H17N3O3/c1-17-13(19)8-7-11(16-17)14(20)15-12(9-18)10-5-3-2-4-6-10/h2-6,12,18H,7-9H2,1H3,(H,15,20). The van der Waals surface area contributed by atoms with Gasteiger partial charge in [-0.25, -0.2) is 5.01 Å². The smallest absolute Gasteiger partial charge is 0.268 e. The van der Waals surface area contributed by atoms with Crippen LogP contribution in [0.3, 0.4) is 0 Å². The molecule has 6 heteroatoms. The Balaban J connectivity index is 2.07. The van der Waals surface area contributed by atoms with E-state index in [0.717, 1.165) is 5.56 Å². The number of hydrogen-bond acceptors (Lipinski definition) is 4. The van der Waals surface area contributed by atoms with Gasteiger partial charge < -0.3 is 10.4 Å². The van der Waals surface area contributed by atoms with Crippen molar-refractivity contribution in [2.45, 2.75) is 18.9 Å². The Hall–Kier alpha value is -2.21. The topological polar surface area (TPSA) is 82.0 Å². The second-order valence-electron chi connectivity index (χ2n) is 4.58. The van der Waals surface area contributed by atoms with Crippen LogP contribution < -0.4 is 5.32 Å². The first-order chi connectivity index (χ1) is 9.61. The molecule has 0 aliphatic carbocycles. The summed E-state index contributed by atoms with van der Waals surface area (Å²) in [4.78, 5) is 23.4. The third-order valence-corrected chi connectivity index (χ3v) is 3.16. The maximum atomic E-state index is 12.1. The van der Waals surface area contributed by atoms with Gasteiger partial charge in [0.15, 0.2) is 0 Å². The van der Waals surface area contributed by atoms with E-state index in [1.54, 1.807) is 0 Å². The van der Waals surface area contributed by atoms with Gasteiger partial charge in [0.25, 0.3) is 5.91 Å². The van der Waals surface area contributed by atoms with Crippen LogP contribution in [0.15, 0.2) is 35.4 Å². The molecule has 0 saturated heterocycles. The minimum atomic E-state index is -0.477. The molecule has 0 fully saturated rings. The lowest BCUT2D eigenvalue weighted by molar-refractivity contribution is -0.130. The molecule has 0 saturated carbocycles. The second-order valence-corrected chi connectivity index (χ2v) is 4.58. The zero-order chi connectivity index (χ0) is 14.5. The van der Waals surface area contributed by atoms with Crippen LogP contribution in [-0.2, 0) is 9.59 Å². The fourth-order valence-electron chi connectivity index (χ4n) is 1.99. The highest BCUT2D eigenvalue weighted by Gasteiger charge is 2.23. The Labute approximate surface area is 117 Å². The molecule has 1 aliphatic heterocycles. The van der Waals surface area contributed by atoms with Crippen LogP contribution in [0.1, 0.15) is 24.4 Å². The molecule has 106 valence electrons. The van der Waals surface area contributed by atoms with E-state index in [2.05, 4.69) is 10.4 Å². The fraction of sp³-hybridized carbons (Fsp3) is 0.357. The summed E-state index contributed by atoms with van der Waals surface area (Å²) in [5.74, 6) is -0.462. The van der Waals surface area contributed by atoms with Gasteiger partial charge in [0.1, 0.15) is 5.71 Å². The Morgan fingerprint density at radius 2 is 2.10 bits per heavy atom. The molecule has 1 heterocycles. The summed E-state index contributed by atoms with van der Waals surface area (Å²) in [6.45, 7) is -0.197. The third-order valence-electron chi connectivity index (χ3n) is 3.16. The Morgan fingerprint density at radius 3 is 2.70 bits per heavy atom. The minimum absolute atomic E-state index is 0.108. The van der Waals surface area contributed by atoms with Crippen molar-refractivity contribution in [1.82, 2.24) is 10.3 Å². The number of benzene rings is 1. The molecule has 0 aromatic heterocycles. The summed E-state index contributed by atoms with van der Waals surface area (Å²) in [5.41, 5.74) is 1.13. The molecule has 2 amide bonds. The molecule has 1 aliphatic rings. The summed E-state index contributed by atoms with van der Waals surface area (Å²) in [5, 5.41) is 17.3. The van der Waals surface area contributed by atoms with Crippen LogP contribution in [0.2, 0.25) is 0 Å². The first-order valence-electron chi connectivity index (χ1n) is 6.42. The number of hydrogen-bond donors (Lipinski definition) is 2. The van der Waals surface area contributed by atoms with E-state index in [4.69, 9.17) is 0 Å². The predicted octanol–water partition coefficient (Wildman–Crippen LogP) is 0.444. The van der Waals surface area contributed by atoms with Crippen LogP contribution in [-0.4, -0.2) is 41.3 Å². The van der Waals surface area contributed by atoms with Crippen LogP contribution in [0.4, 0.5) is 0 Å². The maximum absolute atomic E-state index is 12.1. The summed E-state index contributed by atoms with van der Waals surface area (Å²) in [6.07, 6.45) is 0.597. The van der Waals surface area contributed by atoms with Crippen molar-refractivity contribution in [1.29, 1.82) is 0 Å². The van der Waals surface area contributed by atoms with E-state index in [-0.39, 0.29) is 24.8 Å². The maximum Gasteiger partial charge on any atom is 0.268 e. The van der Waals surface area contributed by atoms with Gasteiger partial charge in [0, 0.05) is 19.9 Å². The van der Waals surface area contributed by atoms with E-state index in [1.165, 1.54) is 12.1 Å². The lowest BCUT2D eigenvalue weighted by Crippen LogP contribution is -2.40. The number of nitrogens with zero attached hydrogens (tertiary/aromatic N) is 2. The SMILES string of the molecule is CN1N=C(C(=O)NC(CO)c2ccccc2)CCC1=O. The van der Waals surface area contributed by atoms with E-state index in [9.17, 15) is 14.7 Å². The van der Waals surface area contributed by atoms with Crippen LogP contribution >= 0.6 is 0 Å². The first-order valence-corrected chi connectivity index (χ1v) is 6.42. The van der Waals surface area contributed by atoms with Gasteiger partial charge in [0.05, 0.1) is 12.6 Å². The highest BCUT2D eigenvalue weighted by molar-refractivity contribution is 6.39. The number of hydrazone groups is 1. The normalized spacial score (nSPS) is 16.6. The monoisotopic (exact) mass is 275 g/mol. The summed E-state index contributed by atoms with van der Waals surface area (Å²) in [6, 6.07) is 8.74. The van der Waals surface area contributed by atoms with Crippen molar-refractivity contribution in [3.05, 3.63) is 35.9 Å². The number of nitrogens with one attached hydrogen (secondary N) is 1. The fourth-order valence-corrected chi connectivity index (χ4v) is 1.99. The molecule has 0 radical (unpaired) electrons. The van der Waals surface area contributed by atoms with Gasteiger partial charge in [0.2, 0.25) is 5.91 Å². The summed E-state index contributed by atoms with van der Waals surface area (Å²) < 4.78 is 0. The molecule has 20 heavy (non-hydrogen) atoms. The minimum Gasteiger partial charge on any atom is -0.394 e. The third kappa shape index (κ3) is 3.21. The summed E-state index contributed by atoms with van der Waals surface area (Å²) in [7, 11) is 1.52. The van der Waals surface area contributed by atoms with Crippen molar-refractivity contribution in [2.24, 2.45) is 5.10 Å². The van der Waals surface area contributed by atoms with Gasteiger partial charge in [-0.3, -0.25) is 9.59 Å². The molecule has 1 aromatic rings. The highest BCUT2D eigenvalue weighted by Crippen LogP contribution is 2.13. The number of carbonyl (C=O) groups is 2. The van der Waals surface area contributed by atoms with E-state index >= 15 is 0 Å². The summed E-state index contributed by atoms with van der Waals surface area (Å²) >= 11 is 0. The lowest BCUT2D eigenvalue weighted by Gasteiger charge is -2.21. The molecule has 0 spiro atoms. The number of aliphatic hydroxyl groups is 1. The number of amides is 2. The Bertz CT molecular complexity index is 528. The van der Waals surface area contributed by atoms with Crippen molar-refractivity contribution in [2.75, 3.05) is 13.7 Å². The van der Waals surface area contributed by atoms with Crippen LogP contribution in [0.25, 0.3) is 0 Å². The average molecular weight is 275 g/mol. The molecular formula is C14H17N3O3. The van der Waals surface area contributed by atoms with E-state index in [1.807, 2.05) is 30.3 Å². The first kappa shape index (κ1) is 14.2. The van der Waals surface area contributed by atoms with Crippen LogP contribution in [0, 0.1) is 0 Å². The number of carbonyl (C=O) groups excluding carboxylic acids is 2. The molecular weight excluding hydrogens is 258 g/mol. The highest BCUT2D eigenvalue weighted by atomic mass is 16.3. The Kier molecular flexibility index (Phi) is 4.47. The van der Waals surface area contributed by atoms with E-state index < -0.39 is 6.04 Å². The largest absolute Gasteiger partial charge is 0.394 e. The number of aliphatic hydroxyl groups excluding tert-OH is 1. The van der Waals surface area contributed by atoms with Crippen molar-refractivity contribution < 1.29 is 14.7 Å². The predicted molar refractivity (Wildman–Crippen MR) is 73.9 cm³/mol. The van der Waals surface area contributed by atoms with Crippen LogP contribution in [0.5, 0.6) is 0 Å². The van der Waals surface area contributed by atoms with Gasteiger partial charge in [-0.15, -0.1) is 0 Å². The van der Waals surface area contributed by atoms with Gasteiger partial charge in [-0.1, -0.05) is 30.3 Å². The van der Waals surface area contributed by atoms with Gasteiger partial charge in [-0.2, -0.15) is 5.10 Å². The van der Waals surface area contributed by atoms with Gasteiger partial charge in [-0.05, 0) is 5.56 Å². The zero-order valence-electron chi connectivity index (χ0n) is 11.2.